The van der Waals surface area contributed by atoms with E-state index < -0.39 is 0 Å². The normalized spacial score (nSPS) is 23.1. The summed E-state index contributed by atoms with van der Waals surface area (Å²) in [5.41, 5.74) is 6.66. The molecule has 3 atom stereocenters. The number of rotatable bonds is 3. The van der Waals surface area contributed by atoms with Crippen molar-refractivity contribution >= 4 is 11.7 Å². The molecule has 0 bridgehead atoms. The molecule has 26 heavy (non-hydrogen) atoms. The minimum atomic E-state index is -0.278. The van der Waals surface area contributed by atoms with Crippen molar-refractivity contribution in [3.63, 3.8) is 0 Å². The maximum Gasteiger partial charge on any atom is 0.338 e. The molecule has 2 aromatic rings. The summed E-state index contributed by atoms with van der Waals surface area (Å²) in [7, 11) is 1.43. The maximum atomic E-state index is 12.1. The number of methoxy groups -OCH3 is 1. The molecule has 1 aliphatic carbocycles. The van der Waals surface area contributed by atoms with E-state index in [1.807, 2.05) is 13.0 Å². The summed E-state index contributed by atoms with van der Waals surface area (Å²) in [6.07, 6.45) is 6.75. The van der Waals surface area contributed by atoms with E-state index in [9.17, 15) is 4.79 Å². The summed E-state index contributed by atoms with van der Waals surface area (Å²) in [5, 5.41) is 3.76. The SMILES string of the molecule is CCc1ccc([C@@H]2Nc3c(ccc(C(=O)OC)c3C)[C@@H]3C=CC[C@@H]32)cc1. The van der Waals surface area contributed by atoms with Gasteiger partial charge >= 0.3 is 5.97 Å². The van der Waals surface area contributed by atoms with E-state index >= 15 is 0 Å². The summed E-state index contributed by atoms with van der Waals surface area (Å²) < 4.78 is 4.95. The van der Waals surface area contributed by atoms with Crippen LogP contribution in [0.4, 0.5) is 5.69 Å². The summed E-state index contributed by atoms with van der Waals surface area (Å²) in [6, 6.07) is 13.2. The van der Waals surface area contributed by atoms with Gasteiger partial charge in [0, 0.05) is 11.6 Å². The van der Waals surface area contributed by atoms with Crippen LogP contribution in [0.5, 0.6) is 0 Å². The lowest BCUT2D eigenvalue weighted by Crippen LogP contribution is -2.30. The predicted molar refractivity (Wildman–Crippen MR) is 105 cm³/mol. The molecule has 0 spiro atoms. The van der Waals surface area contributed by atoms with Gasteiger partial charge in [0.25, 0.3) is 0 Å². The molecular weight excluding hydrogens is 322 g/mol. The van der Waals surface area contributed by atoms with Crippen LogP contribution in [0.2, 0.25) is 0 Å². The highest BCUT2D eigenvalue weighted by molar-refractivity contribution is 5.93. The number of hydrogen-bond acceptors (Lipinski definition) is 3. The predicted octanol–water partition coefficient (Wildman–Crippen LogP) is 5.17. The van der Waals surface area contributed by atoms with Crippen molar-refractivity contribution in [3.05, 3.63) is 76.4 Å². The fourth-order valence-electron chi connectivity index (χ4n) is 4.44. The molecule has 1 heterocycles. The Bertz CT molecular complexity index is 867. The molecule has 3 nitrogen and oxygen atoms in total. The van der Waals surface area contributed by atoms with E-state index in [0.29, 0.717) is 17.4 Å². The van der Waals surface area contributed by atoms with Crippen molar-refractivity contribution in [2.75, 3.05) is 12.4 Å². The van der Waals surface area contributed by atoms with E-state index in [2.05, 4.69) is 54.7 Å². The summed E-state index contributed by atoms with van der Waals surface area (Å²) in [6.45, 7) is 4.19. The van der Waals surface area contributed by atoms with Gasteiger partial charge in [-0.3, -0.25) is 0 Å². The van der Waals surface area contributed by atoms with Crippen LogP contribution < -0.4 is 5.32 Å². The molecule has 0 aromatic heterocycles. The maximum absolute atomic E-state index is 12.1. The third-order valence-corrected chi connectivity index (χ3v) is 5.95. The lowest BCUT2D eigenvalue weighted by Gasteiger charge is -2.38. The lowest BCUT2D eigenvalue weighted by molar-refractivity contribution is 0.0600. The number of nitrogens with one attached hydrogen (secondary N) is 1. The Morgan fingerprint density at radius 3 is 2.65 bits per heavy atom. The lowest BCUT2D eigenvalue weighted by atomic mass is 9.76. The van der Waals surface area contributed by atoms with Gasteiger partial charge in [0.15, 0.2) is 0 Å². The Hall–Kier alpha value is -2.55. The Labute approximate surface area is 155 Å². The fourth-order valence-corrected chi connectivity index (χ4v) is 4.44. The molecule has 1 aliphatic heterocycles. The molecule has 0 saturated carbocycles. The van der Waals surface area contributed by atoms with E-state index in [0.717, 1.165) is 24.1 Å². The van der Waals surface area contributed by atoms with Crippen LogP contribution in [0, 0.1) is 12.8 Å². The summed E-state index contributed by atoms with van der Waals surface area (Å²) >= 11 is 0. The molecule has 0 fully saturated rings. The van der Waals surface area contributed by atoms with Gasteiger partial charge in [-0.15, -0.1) is 0 Å². The second kappa shape index (κ2) is 6.64. The summed E-state index contributed by atoms with van der Waals surface area (Å²) in [4.78, 5) is 12.1. The number of aryl methyl sites for hydroxylation is 1. The minimum absolute atomic E-state index is 0.250. The van der Waals surface area contributed by atoms with Gasteiger partial charge < -0.3 is 10.1 Å². The topological polar surface area (TPSA) is 38.3 Å². The molecule has 0 unspecified atom stereocenters. The Morgan fingerprint density at radius 2 is 1.96 bits per heavy atom. The van der Waals surface area contributed by atoms with Crippen LogP contribution in [0.3, 0.4) is 0 Å². The fraction of sp³-hybridized carbons (Fsp3) is 0.348. The van der Waals surface area contributed by atoms with Gasteiger partial charge in [-0.1, -0.05) is 49.4 Å². The molecule has 0 amide bonds. The largest absolute Gasteiger partial charge is 0.465 e. The molecule has 3 heteroatoms. The quantitative estimate of drug-likeness (QED) is 0.615. The van der Waals surface area contributed by atoms with E-state index in [-0.39, 0.29) is 12.0 Å². The zero-order valence-corrected chi connectivity index (χ0v) is 15.6. The zero-order chi connectivity index (χ0) is 18.3. The second-order valence-corrected chi connectivity index (χ2v) is 7.26. The second-order valence-electron chi connectivity index (χ2n) is 7.26. The van der Waals surface area contributed by atoms with Crippen LogP contribution in [0.15, 0.2) is 48.6 Å². The summed E-state index contributed by atoms with van der Waals surface area (Å²) in [5.74, 6) is 0.630. The van der Waals surface area contributed by atoms with Crippen molar-refractivity contribution < 1.29 is 9.53 Å². The van der Waals surface area contributed by atoms with Gasteiger partial charge in [0.2, 0.25) is 0 Å². The Morgan fingerprint density at radius 1 is 1.19 bits per heavy atom. The number of carbonyl (C=O) groups is 1. The van der Waals surface area contributed by atoms with Crippen molar-refractivity contribution in [1.29, 1.82) is 0 Å². The average molecular weight is 347 g/mol. The highest BCUT2D eigenvalue weighted by atomic mass is 16.5. The van der Waals surface area contributed by atoms with Gasteiger partial charge in [0.05, 0.1) is 18.7 Å². The zero-order valence-electron chi connectivity index (χ0n) is 15.6. The highest BCUT2D eigenvalue weighted by Gasteiger charge is 2.38. The van der Waals surface area contributed by atoms with Crippen molar-refractivity contribution in [2.45, 2.75) is 38.6 Å². The van der Waals surface area contributed by atoms with Gasteiger partial charge in [-0.05, 0) is 54.0 Å². The molecule has 2 aromatic carbocycles. The van der Waals surface area contributed by atoms with E-state index in [1.165, 1.54) is 23.8 Å². The Kier molecular flexibility index (Phi) is 4.31. The van der Waals surface area contributed by atoms with Crippen molar-refractivity contribution in [3.8, 4) is 0 Å². The van der Waals surface area contributed by atoms with Gasteiger partial charge in [-0.2, -0.15) is 0 Å². The van der Waals surface area contributed by atoms with Crippen LogP contribution in [0.1, 0.15) is 57.9 Å². The van der Waals surface area contributed by atoms with E-state index in [1.54, 1.807) is 0 Å². The minimum Gasteiger partial charge on any atom is -0.465 e. The first kappa shape index (κ1) is 16.9. The Balaban J connectivity index is 1.78. The number of esters is 1. The standard InChI is InChI=1S/C23H25NO2/c1-4-15-8-10-16(11-9-15)22-19-7-5-6-18(19)20-13-12-17(23(25)26-3)14(2)21(20)24-22/h5-6,8-13,18-19,22,24H,4,7H2,1-3H3/t18-,19+,22+/m1/s1. The number of ether oxygens (including phenoxy) is 1. The van der Waals surface area contributed by atoms with Crippen LogP contribution in [-0.2, 0) is 11.2 Å². The molecule has 0 saturated heterocycles. The number of benzene rings is 2. The molecular formula is C23H25NO2. The number of carbonyl (C=O) groups excluding carboxylic acids is 1. The monoisotopic (exact) mass is 347 g/mol. The smallest absolute Gasteiger partial charge is 0.338 e. The van der Waals surface area contributed by atoms with Gasteiger partial charge in [-0.25, -0.2) is 4.79 Å². The van der Waals surface area contributed by atoms with Crippen LogP contribution in [0.25, 0.3) is 0 Å². The number of allylic oxidation sites excluding steroid dienone is 2. The first-order chi connectivity index (χ1) is 12.6. The van der Waals surface area contributed by atoms with Crippen LogP contribution in [-0.4, -0.2) is 13.1 Å². The van der Waals surface area contributed by atoms with Crippen molar-refractivity contribution in [1.82, 2.24) is 0 Å². The number of hydrogen-bond donors (Lipinski definition) is 1. The third kappa shape index (κ3) is 2.63. The number of anilines is 1. The molecule has 0 radical (unpaired) electrons. The highest BCUT2D eigenvalue weighted by Crippen LogP contribution is 2.51. The van der Waals surface area contributed by atoms with Crippen molar-refractivity contribution in [2.24, 2.45) is 5.92 Å². The first-order valence-electron chi connectivity index (χ1n) is 9.38. The molecule has 4 rings (SSSR count). The first-order valence-corrected chi connectivity index (χ1v) is 9.38. The number of fused-ring (bicyclic) bond motifs is 3. The van der Waals surface area contributed by atoms with Crippen LogP contribution >= 0.6 is 0 Å². The molecule has 1 N–H and O–H groups in total. The molecule has 134 valence electrons. The molecule has 2 aliphatic rings. The third-order valence-electron chi connectivity index (χ3n) is 5.95. The average Bonchev–Trinajstić information content (AvgIpc) is 3.17. The van der Waals surface area contributed by atoms with E-state index in [4.69, 9.17) is 4.74 Å². The van der Waals surface area contributed by atoms with Gasteiger partial charge in [0.1, 0.15) is 0 Å².